The molecule has 0 spiro atoms. The molecular weight excluding hydrogens is 304 g/mol. The second kappa shape index (κ2) is 24.4. The summed E-state index contributed by atoms with van der Waals surface area (Å²) in [5.41, 5.74) is 0. The number of hydrogen-bond donors (Lipinski definition) is 2. The van der Waals surface area contributed by atoms with Crippen molar-refractivity contribution in [1.82, 2.24) is 9.80 Å². The molecule has 0 unspecified atom stereocenters. The number of hydrogen-bond acceptors (Lipinski definition) is 3. The highest BCUT2D eigenvalue weighted by atomic mass is 16.6. The number of rotatable bonds is 12. The molecular formula is C19H44N2O3. The Morgan fingerprint density at radius 1 is 0.542 bits per heavy atom. The van der Waals surface area contributed by atoms with E-state index in [1.165, 1.54) is 77.8 Å². The predicted octanol–water partition coefficient (Wildman–Crippen LogP) is 5.26. The zero-order valence-corrected chi connectivity index (χ0v) is 17.2. The Morgan fingerprint density at radius 3 is 0.750 bits per heavy atom. The molecule has 0 saturated carbocycles. The van der Waals surface area contributed by atoms with Crippen molar-refractivity contribution in [1.29, 1.82) is 0 Å². The van der Waals surface area contributed by atoms with Crippen LogP contribution in [0.5, 0.6) is 0 Å². The van der Waals surface area contributed by atoms with Crippen LogP contribution in [0.2, 0.25) is 0 Å². The van der Waals surface area contributed by atoms with E-state index in [0.717, 1.165) is 0 Å². The molecule has 0 saturated heterocycles. The van der Waals surface area contributed by atoms with E-state index in [9.17, 15) is 0 Å². The van der Waals surface area contributed by atoms with Gasteiger partial charge in [0.2, 0.25) is 0 Å². The van der Waals surface area contributed by atoms with Crippen molar-refractivity contribution in [3.63, 3.8) is 0 Å². The largest absolute Gasteiger partial charge is 0.503 e. The van der Waals surface area contributed by atoms with E-state index in [4.69, 9.17) is 15.0 Å². The molecule has 0 rings (SSSR count). The highest BCUT2D eigenvalue weighted by molar-refractivity contribution is 5.53. The molecule has 0 aromatic heterocycles. The molecule has 5 nitrogen and oxygen atoms in total. The predicted molar refractivity (Wildman–Crippen MR) is 105 cm³/mol. The standard InChI is InChI=1S/2C9H21N.CH2O3/c2*1-4-7-10(8-5-2)9-6-3;2-1(3)4/h2*4-9H2,1-3H3;(H2,2,3,4). The molecule has 5 heteroatoms. The van der Waals surface area contributed by atoms with Gasteiger partial charge in [-0.15, -0.1) is 0 Å². The quantitative estimate of drug-likeness (QED) is 0.504. The summed E-state index contributed by atoms with van der Waals surface area (Å²) in [6, 6.07) is 0. The Morgan fingerprint density at radius 2 is 0.667 bits per heavy atom. The van der Waals surface area contributed by atoms with Crippen LogP contribution < -0.4 is 0 Å². The summed E-state index contributed by atoms with van der Waals surface area (Å²) in [6.07, 6.45) is 5.92. The Bertz CT molecular complexity index is 188. The van der Waals surface area contributed by atoms with Gasteiger partial charge in [-0.25, -0.2) is 4.79 Å². The van der Waals surface area contributed by atoms with Crippen LogP contribution in [0.15, 0.2) is 0 Å². The lowest BCUT2D eigenvalue weighted by molar-refractivity contribution is 0.137. The molecule has 0 heterocycles. The lowest BCUT2D eigenvalue weighted by Gasteiger charge is -2.19. The fourth-order valence-electron chi connectivity index (χ4n) is 2.57. The molecule has 0 aliphatic carbocycles. The Kier molecular flexibility index (Phi) is 28.5. The second-order valence-electron chi connectivity index (χ2n) is 5.97. The fourth-order valence-corrected chi connectivity index (χ4v) is 2.57. The van der Waals surface area contributed by atoms with E-state index in [1.54, 1.807) is 0 Å². The van der Waals surface area contributed by atoms with Gasteiger partial charge < -0.3 is 20.0 Å². The molecule has 148 valence electrons. The first-order chi connectivity index (χ1) is 11.4. The van der Waals surface area contributed by atoms with Gasteiger partial charge >= 0.3 is 6.16 Å². The van der Waals surface area contributed by atoms with Crippen LogP contribution in [0, 0.1) is 0 Å². The average molecular weight is 349 g/mol. The lowest BCUT2D eigenvalue weighted by atomic mass is 10.3. The number of nitrogens with zero attached hydrogens (tertiary/aromatic N) is 2. The van der Waals surface area contributed by atoms with Crippen LogP contribution in [0.3, 0.4) is 0 Å². The van der Waals surface area contributed by atoms with Gasteiger partial charge in [0, 0.05) is 0 Å². The highest BCUT2D eigenvalue weighted by Gasteiger charge is 1.99. The van der Waals surface area contributed by atoms with Crippen molar-refractivity contribution in [2.45, 2.75) is 80.1 Å². The number of carboxylic acid groups (broad SMARTS) is 2. The average Bonchev–Trinajstić information content (AvgIpc) is 2.49. The van der Waals surface area contributed by atoms with E-state index >= 15 is 0 Å². The van der Waals surface area contributed by atoms with Gasteiger partial charge in [-0.3, -0.25) is 0 Å². The molecule has 0 amide bonds. The first-order valence-corrected chi connectivity index (χ1v) is 9.79. The molecule has 0 radical (unpaired) electrons. The first kappa shape index (κ1) is 28.0. The molecule has 0 aromatic rings. The van der Waals surface area contributed by atoms with E-state index in [2.05, 4.69) is 51.3 Å². The van der Waals surface area contributed by atoms with Gasteiger partial charge in [0.15, 0.2) is 0 Å². The van der Waals surface area contributed by atoms with Crippen molar-refractivity contribution in [3.8, 4) is 0 Å². The van der Waals surface area contributed by atoms with Crippen molar-refractivity contribution in [2.75, 3.05) is 39.3 Å². The van der Waals surface area contributed by atoms with Crippen molar-refractivity contribution < 1.29 is 15.0 Å². The minimum Gasteiger partial charge on any atom is -0.450 e. The minimum atomic E-state index is -1.83. The van der Waals surface area contributed by atoms with E-state index in [-0.39, 0.29) is 0 Å². The first-order valence-electron chi connectivity index (χ1n) is 9.79. The zero-order chi connectivity index (χ0) is 19.2. The minimum absolute atomic E-state index is 1.28. The normalized spacial score (nSPS) is 10.0. The van der Waals surface area contributed by atoms with E-state index in [0.29, 0.717) is 0 Å². The van der Waals surface area contributed by atoms with Crippen LogP contribution in [-0.2, 0) is 0 Å². The van der Waals surface area contributed by atoms with Crippen molar-refractivity contribution >= 4 is 6.16 Å². The topological polar surface area (TPSA) is 64.0 Å². The summed E-state index contributed by atoms with van der Waals surface area (Å²) in [4.78, 5) is 13.6. The lowest BCUT2D eigenvalue weighted by Crippen LogP contribution is -2.26. The third-order valence-electron chi connectivity index (χ3n) is 3.24. The van der Waals surface area contributed by atoms with Crippen LogP contribution in [-0.4, -0.2) is 65.4 Å². The second-order valence-corrected chi connectivity index (χ2v) is 5.97. The summed E-state index contributed by atoms with van der Waals surface area (Å²) in [7, 11) is 0. The molecule has 2 N–H and O–H groups in total. The summed E-state index contributed by atoms with van der Waals surface area (Å²) in [5.74, 6) is 0. The van der Waals surface area contributed by atoms with Crippen LogP contribution >= 0.6 is 0 Å². The Hall–Kier alpha value is -0.810. The Balaban J connectivity index is -0.000000301. The fraction of sp³-hybridized carbons (Fsp3) is 0.947. The molecule has 0 fully saturated rings. The molecule has 0 aliphatic heterocycles. The number of carbonyl (C=O) groups is 1. The van der Waals surface area contributed by atoms with Gasteiger partial charge in [-0.1, -0.05) is 41.5 Å². The van der Waals surface area contributed by atoms with Crippen LogP contribution in [0.4, 0.5) is 4.79 Å². The van der Waals surface area contributed by atoms with Crippen molar-refractivity contribution in [3.05, 3.63) is 0 Å². The van der Waals surface area contributed by atoms with Crippen LogP contribution in [0.1, 0.15) is 80.1 Å². The summed E-state index contributed by atoms with van der Waals surface area (Å²) < 4.78 is 0. The van der Waals surface area contributed by atoms with Crippen molar-refractivity contribution in [2.24, 2.45) is 0 Å². The maximum absolute atomic E-state index is 8.56. The maximum Gasteiger partial charge on any atom is 0.503 e. The van der Waals surface area contributed by atoms with Gasteiger partial charge in [-0.05, 0) is 77.8 Å². The molecule has 0 bridgehead atoms. The highest BCUT2D eigenvalue weighted by Crippen LogP contribution is 1.95. The molecule has 0 atom stereocenters. The Labute approximate surface area is 151 Å². The maximum atomic E-state index is 8.56. The third-order valence-corrected chi connectivity index (χ3v) is 3.24. The SMILES string of the molecule is CCCN(CCC)CCC.CCCN(CCC)CCC.O=C(O)O. The van der Waals surface area contributed by atoms with Gasteiger partial charge in [0.05, 0.1) is 0 Å². The zero-order valence-electron chi connectivity index (χ0n) is 17.2. The smallest absolute Gasteiger partial charge is 0.450 e. The van der Waals surface area contributed by atoms with Crippen LogP contribution in [0.25, 0.3) is 0 Å². The monoisotopic (exact) mass is 348 g/mol. The van der Waals surface area contributed by atoms with Gasteiger partial charge in [-0.2, -0.15) is 0 Å². The molecule has 0 aromatic carbocycles. The molecule has 24 heavy (non-hydrogen) atoms. The van der Waals surface area contributed by atoms with E-state index in [1.807, 2.05) is 0 Å². The summed E-state index contributed by atoms with van der Waals surface area (Å²) in [5, 5.41) is 13.9. The third kappa shape index (κ3) is 29.2. The summed E-state index contributed by atoms with van der Waals surface area (Å²) in [6.45, 7) is 21.2. The van der Waals surface area contributed by atoms with Gasteiger partial charge in [0.25, 0.3) is 0 Å². The van der Waals surface area contributed by atoms with E-state index < -0.39 is 6.16 Å². The van der Waals surface area contributed by atoms with Gasteiger partial charge in [0.1, 0.15) is 0 Å². The summed E-state index contributed by atoms with van der Waals surface area (Å²) >= 11 is 0. The molecule has 0 aliphatic rings.